The molecule has 1 heterocycles. The number of halogens is 1. The SMILES string of the molecule is CCOC(=O)c1ccc2nc(NC(=O)CS(=O)(=O)c3ccc(Cl)cc3)sc2c1. The van der Waals surface area contributed by atoms with Gasteiger partial charge < -0.3 is 10.1 Å². The van der Waals surface area contributed by atoms with Crippen LogP contribution >= 0.6 is 22.9 Å². The highest BCUT2D eigenvalue weighted by Gasteiger charge is 2.20. The number of rotatable bonds is 6. The first-order valence-corrected chi connectivity index (χ1v) is 11.0. The maximum atomic E-state index is 12.3. The highest BCUT2D eigenvalue weighted by atomic mass is 35.5. The Kier molecular flexibility index (Phi) is 5.97. The van der Waals surface area contributed by atoms with Gasteiger partial charge in [-0.3, -0.25) is 4.79 Å². The molecule has 0 spiro atoms. The van der Waals surface area contributed by atoms with Crippen LogP contribution in [0.2, 0.25) is 5.02 Å². The molecular weight excluding hydrogens is 424 g/mol. The molecule has 0 aliphatic heterocycles. The minimum Gasteiger partial charge on any atom is -0.462 e. The lowest BCUT2D eigenvalue weighted by Gasteiger charge is -2.04. The third-order valence-electron chi connectivity index (χ3n) is 3.64. The summed E-state index contributed by atoms with van der Waals surface area (Å²) in [5.74, 6) is -1.88. The number of carbonyl (C=O) groups is 2. The maximum absolute atomic E-state index is 12.3. The summed E-state index contributed by atoms with van der Waals surface area (Å²) in [5.41, 5.74) is 0.954. The summed E-state index contributed by atoms with van der Waals surface area (Å²) in [6.07, 6.45) is 0. The van der Waals surface area contributed by atoms with Gasteiger partial charge in [0.05, 0.1) is 27.3 Å². The average molecular weight is 439 g/mol. The number of nitrogens with zero attached hydrogens (tertiary/aromatic N) is 1. The maximum Gasteiger partial charge on any atom is 0.338 e. The number of aromatic nitrogens is 1. The van der Waals surface area contributed by atoms with Crippen LogP contribution in [0.4, 0.5) is 5.13 Å². The largest absolute Gasteiger partial charge is 0.462 e. The molecule has 2 aromatic carbocycles. The molecule has 0 saturated carbocycles. The van der Waals surface area contributed by atoms with Crippen molar-refractivity contribution in [2.45, 2.75) is 11.8 Å². The fourth-order valence-corrected chi connectivity index (χ4v) is 4.55. The fourth-order valence-electron chi connectivity index (χ4n) is 2.37. The molecule has 0 fully saturated rings. The molecule has 0 aliphatic carbocycles. The van der Waals surface area contributed by atoms with E-state index in [1.807, 2.05) is 0 Å². The van der Waals surface area contributed by atoms with Gasteiger partial charge in [-0.15, -0.1) is 0 Å². The Labute approximate surface area is 170 Å². The van der Waals surface area contributed by atoms with Gasteiger partial charge in [0.25, 0.3) is 0 Å². The van der Waals surface area contributed by atoms with Crippen LogP contribution in [0.15, 0.2) is 47.4 Å². The third-order valence-corrected chi connectivity index (χ3v) is 6.46. The van der Waals surface area contributed by atoms with Gasteiger partial charge in [0.1, 0.15) is 5.75 Å². The Balaban J connectivity index is 1.74. The lowest BCUT2D eigenvalue weighted by Crippen LogP contribution is -2.22. The van der Waals surface area contributed by atoms with Crippen molar-refractivity contribution in [1.29, 1.82) is 0 Å². The van der Waals surface area contributed by atoms with Crippen LogP contribution in [0, 0.1) is 0 Å². The smallest absolute Gasteiger partial charge is 0.338 e. The summed E-state index contributed by atoms with van der Waals surface area (Å²) < 4.78 is 30.3. The minimum atomic E-state index is -3.81. The summed E-state index contributed by atoms with van der Waals surface area (Å²) in [6, 6.07) is 10.4. The quantitative estimate of drug-likeness (QED) is 0.590. The van der Waals surface area contributed by atoms with Gasteiger partial charge in [0.15, 0.2) is 15.0 Å². The number of carbonyl (C=O) groups excluding carboxylic acids is 2. The molecule has 0 aliphatic rings. The highest BCUT2D eigenvalue weighted by Crippen LogP contribution is 2.27. The molecule has 3 aromatic rings. The van der Waals surface area contributed by atoms with E-state index in [9.17, 15) is 18.0 Å². The Morgan fingerprint density at radius 3 is 2.57 bits per heavy atom. The average Bonchev–Trinajstić information content (AvgIpc) is 3.02. The summed E-state index contributed by atoms with van der Waals surface area (Å²) in [7, 11) is -3.81. The zero-order valence-corrected chi connectivity index (χ0v) is 17.0. The van der Waals surface area contributed by atoms with Gasteiger partial charge in [0.2, 0.25) is 5.91 Å². The molecule has 0 atom stereocenters. The summed E-state index contributed by atoms with van der Waals surface area (Å²) in [6.45, 7) is 1.98. The van der Waals surface area contributed by atoms with Gasteiger partial charge in [-0.25, -0.2) is 18.2 Å². The topological polar surface area (TPSA) is 102 Å². The number of benzene rings is 2. The van der Waals surface area contributed by atoms with Gasteiger partial charge in [-0.05, 0) is 49.4 Å². The molecule has 1 N–H and O–H groups in total. The van der Waals surface area contributed by atoms with Gasteiger partial charge in [-0.1, -0.05) is 22.9 Å². The van der Waals surface area contributed by atoms with E-state index in [2.05, 4.69) is 10.3 Å². The summed E-state index contributed by atoms with van der Waals surface area (Å²) >= 11 is 6.89. The summed E-state index contributed by atoms with van der Waals surface area (Å²) in [4.78, 5) is 28.2. The van der Waals surface area contributed by atoms with Crippen LogP contribution in [0.25, 0.3) is 10.2 Å². The standard InChI is InChI=1S/C18H15ClN2O5S2/c1-2-26-17(23)11-3-8-14-15(9-11)27-18(20-14)21-16(22)10-28(24,25)13-6-4-12(19)5-7-13/h3-9H,2,10H2,1H3,(H,20,21,22). The normalized spacial score (nSPS) is 11.4. The Morgan fingerprint density at radius 2 is 1.89 bits per heavy atom. The number of sulfone groups is 1. The molecule has 146 valence electrons. The van der Waals surface area contributed by atoms with Crippen LogP contribution in [0.5, 0.6) is 0 Å². The van der Waals surface area contributed by atoms with Crippen molar-refractivity contribution in [3.63, 3.8) is 0 Å². The predicted molar refractivity (Wildman–Crippen MR) is 108 cm³/mol. The van der Waals surface area contributed by atoms with Gasteiger partial charge >= 0.3 is 5.97 Å². The van der Waals surface area contributed by atoms with E-state index in [1.165, 1.54) is 24.3 Å². The molecule has 7 nitrogen and oxygen atoms in total. The first kappa shape index (κ1) is 20.2. The molecule has 1 amide bonds. The van der Waals surface area contributed by atoms with Gasteiger partial charge in [0, 0.05) is 5.02 Å². The molecule has 3 rings (SSSR count). The number of anilines is 1. The molecule has 1 aromatic heterocycles. The van der Waals surface area contributed by atoms with Crippen LogP contribution < -0.4 is 5.32 Å². The molecule has 0 unspecified atom stereocenters. The Bertz CT molecular complexity index is 1140. The van der Waals surface area contributed by atoms with Crippen molar-refractivity contribution < 1.29 is 22.7 Å². The first-order valence-electron chi connectivity index (χ1n) is 8.14. The second-order valence-corrected chi connectivity index (χ2v) is 9.14. The molecule has 0 radical (unpaired) electrons. The van der Waals surface area contributed by atoms with Crippen molar-refractivity contribution >= 4 is 60.0 Å². The molecule has 0 bridgehead atoms. The van der Waals surface area contributed by atoms with E-state index in [0.717, 1.165) is 11.3 Å². The zero-order valence-electron chi connectivity index (χ0n) is 14.6. The lowest BCUT2D eigenvalue weighted by molar-refractivity contribution is -0.113. The van der Waals surface area contributed by atoms with E-state index in [-0.39, 0.29) is 16.6 Å². The van der Waals surface area contributed by atoms with E-state index in [1.54, 1.807) is 25.1 Å². The molecule has 0 saturated heterocycles. The number of amides is 1. The molecular formula is C18H15ClN2O5S2. The predicted octanol–water partition coefficient (Wildman–Crippen LogP) is 3.54. The van der Waals surface area contributed by atoms with Gasteiger partial charge in [-0.2, -0.15) is 0 Å². The monoisotopic (exact) mass is 438 g/mol. The minimum absolute atomic E-state index is 0.00966. The van der Waals surface area contributed by atoms with Crippen molar-refractivity contribution in [3.05, 3.63) is 53.1 Å². The third kappa shape index (κ3) is 4.67. The van der Waals surface area contributed by atoms with Crippen molar-refractivity contribution in [2.24, 2.45) is 0 Å². The van der Waals surface area contributed by atoms with Crippen LogP contribution in [-0.2, 0) is 19.4 Å². The van der Waals surface area contributed by atoms with E-state index in [4.69, 9.17) is 16.3 Å². The first-order chi connectivity index (χ1) is 13.3. The Hall–Kier alpha value is -2.49. The molecule has 28 heavy (non-hydrogen) atoms. The number of hydrogen-bond acceptors (Lipinski definition) is 7. The number of hydrogen-bond donors (Lipinski definition) is 1. The van der Waals surface area contributed by atoms with E-state index in [0.29, 0.717) is 20.8 Å². The van der Waals surface area contributed by atoms with Crippen LogP contribution in [0.1, 0.15) is 17.3 Å². The second kappa shape index (κ2) is 8.26. The number of thiazole rings is 1. The number of fused-ring (bicyclic) bond motifs is 1. The van der Waals surface area contributed by atoms with Crippen molar-refractivity contribution in [1.82, 2.24) is 4.98 Å². The Morgan fingerprint density at radius 1 is 1.18 bits per heavy atom. The van der Waals surface area contributed by atoms with Crippen molar-refractivity contribution in [3.8, 4) is 0 Å². The van der Waals surface area contributed by atoms with E-state index >= 15 is 0 Å². The fraction of sp³-hybridized carbons (Fsp3) is 0.167. The highest BCUT2D eigenvalue weighted by molar-refractivity contribution is 7.92. The number of ether oxygens (including phenoxy) is 1. The summed E-state index contributed by atoms with van der Waals surface area (Å²) in [5, 5.41) is 3.14. The number of esters is 1. The number of nitrogens with one attached hydrogen (secondary N) is 1. The van der Waals surface area contributed by atoms with Crippen molar-refractivity contribution in [2.75, 3.05) is 17.7 Å². The lowest BCUT2D eigenvalue weighted by atomic mass is 10.2. The van der Waals surface area contributed by atoms with Crippen LogP contribution in [0.3, 0.4) is 0 Å². The van der Waals surface area contributed by atoms with Crippen LogP contribution in [-0.4, -0.2) is 37.6 Å². The zero-order chi connectivity index (χ0) is 20.3. The second-order valence-electron chi connectivity index (χ2n) is 5.68. The molecule has 10 heteroatoms. The van der Waals surface area contributed by atoms with E-state index < -0.39 is 27.5 Å².